The Hall–Kier alpha value is -3.13. The Bertz CT molecular complexity index is 1110. The van der Waals surface area contributed by atoms with Crippen LogP contribution in [-0.2, 0) is 10.1 Å². The first kappa shape index (κ1) is 28.4. The number of carboxylic acids is 1. The molecule has 0 aliphatic heterocycles. The van der Waals surface area contributed by atoms with Gasteiger partial charge in [-0.2, -0.15) is 0 Å². The summed E-state index contributed by atoms with van der Waals surface area (Å²) in [6.45, 7) is 4.14. The molecular weight excluding hydrogens is 460 g/mol. The summed E-state index contributed by atoms with van der Waals surface area (Å²) >= 11 is 0. The molecule has 1 saturated carbocycles. The highest BCUT2D eigenvalue weighted by molar-refractivity contribution is 6.41. The number of hydrogen-bond acceptors (Lipinski definition) is 3. The van der Waals surface area contributed by atoms with Gasteiger partial charge in [0.2, 0.25) is 0 Å². The van der Waals surface area contributed by atoms with E-state index in [0.29, 0.717) is 42.2 Å². The molecule has 7 heteroatoms. The van der Waals surface area contributed by atoms with Gasteiger partial charge in [0.05, 0.1) is 22.3 Å². The summed E-state index contributed by atoms with van der Waals surface area (Å²) in [6, 6.07) is 14.2. The second kappa shape index (κ2) is 13.4. The summed E-state index contributed by atoms with van der Waals surface area (Å²) < 4.78 is 5.97. The first-order valence-electron chi connectivity index (χ1n) is 13.2. The van der Waals surface area contributed by atoms with Gasteiger partial charge in [-0.3, -0.25) is 9.59 Å². The van der Waals surface area contributed by atoms with Crippen LogP contribution in [0.2, 0.25) is 0 Å². The van der Waals surface area contributed by atoms with E-state index < -0.39 is 11.3 Å². The SMILES string of the molecule is [B]C([B])(c1ccccc1OCCCCCC(=O)O)N(C(=O)c1ccc(C#CC2CCCC2)cc1)C(C)C. The monoisotopic (exact) mass is 495 g/mol. The van der Waals surface area contributed by atoms with Crippen LogP contribution in [0.25, 0.3) is 0 Å². The molecule has 1 N–H and O–H groups in total. The van der Waals surface area contributed by atoms with Gasteiger partial charge >= 0.3 is 5.97 Å². The number of amides is 1. The van der Waals surface area contributed by atoms with E-state index in [1.165, 1.54) is 17.7 Å². The molecule has 1 aliphatic rings. The van der Waals surface area contributed by atoms with Gasteiger partial charge in [0, 0.05) is 35.1 Å². The highest BCUT2D eigenvalue weighted by atomic mass is 16.5. The van der Waals surface area contributed by atoms with Crippen molar-refractivity contribution in [1.29, 1.82) is 0 Å². The molecule has 0 saturated heterocycles. The molecule has 1 aliphatic carbocycles. The van der Waals surface area contributed by atoms with Crippen molar-refractivity contribution < 1.29 is 19.4 Å². The van der Waals surface area contributed by atoms with Crippen molar-refractivity contribution in [1.82, 2.24) is 4.90 Å². The zero-order chi connectivity index (χ0) is 26.8. The number of ether oxygens (including phenoxy) is 1. The molecule has 0 bridgehead atoms. The number of rotatable bonds is 11. The van der Waals surface area contributed by atoms with Crippen molar-refractivity contribution in [3.63, 3.8) is 0 Å². The fraction of sp³-hybridized carbons (Fsp3) is 0.467. The first-order valence-corrected chi connectivity index (χ1v) is 13.2. The number of aliphatic carboxylic acids is 1. The second-order valence-corrected chi connectivity index (χ2v) is 9.97. The van der Waals surface area contributed by atoms with E-state index in [9.17, 15) is 9.59 Å². The number of benzene rings is 2. The maximum absolute atomic E-state index is 13.6. The average molecular weight is 495 g/mol. The van der Waals surface area contributed by atoms with Crippen LogP contribution >= 0.6 is 0 Å². The van der Waals surface area contributed by atoms with E-state index in [1.807, 2.05) is 38.1 Å². The van der Waals surface area contributed by atoms with Crippen molar-refractivity contribution in [2.45, 2.75) is 76.6 Å². The lowest BCUT2D eigenvalue weighted by molar-refractivity contribution is -0.137. The van der Waals surface area contributed by atoms with Crippen LogP contribution in [0, 0.1) is 17.8 Å². The van der Waals surface area contributed by atoms with Gasteiger partial charge in [-0.25, -0.2) is 0 Å². The molecular formula is C30H35B2NO4. The molecule has 5 nitrogen and oxygen atoms in total. The lowest BCUT2D eigenvalue weighted by Gasteiger charge is -2.44. The van der Waals surface area contributed by atoms with Crippen LogP contribution < -0.4 is 4.74 Å². The molecule has 0 spiro atoms. The smallest absolute Gasteiger partial charge is 0.303 e. The minimum absolute atomic E-state index is 0.144. The summed E-state index contributed by atoms with van der Waals surface area (Å²) in [5, 5.41) is 7.16. The number of hydrogen-bond donors (Lipinski definition) is 1. The fourth-order valence-corrected chi connectivity index (χ4v) is 4.71. The van der Waals surface area contributed by atoms with E-state index >= 15 is 0 Å². The molecule has 4 radical (unpaired) electrons. The van der Waals surface area contributed by atoms with Crippen molar-refractivity contribution in [3.8, 4) is 17.6 Å². The summed E-state index contributed by atoms with van der Waals surface area (Å²) in [4.78, 5) is 25.8. The Morgan fingerprint density at radius 2 is 1.73 bits per heavy atom. The van der Waals surface area contributed by atoms with Crippen LogP contribution in [0.4, 0.5) is 0 Å². The predicted molar refractivity (Wildman–Crippen MR) is 148 cm³/mol. The minimum atomic E-state index is -1.62. The van der Waals surface area contributed by atoms with E-state index in [-0.39, 0.29) is 18.4 Å². The second-order valence-electron chi connectivity index (χ2n) is 9.97. The summed E-state index contributed by atoms with van der Waals surface area (Å²) in [5.41, 5.74) is 1.87. The van der Waals surface area contributed by atoms with Crippen LogP contribution in [0.1, 0.15) is 86.7 Å². The Morgan fingerprint density at radius 1 is 1.05 bits per heavy atom. The Kier molecular flexibility index (Phi) is 10.3. The van der Waals surface area contributed by atoms with Crippen molar-refractivity contribution >= 4 is 27.6 Å². The Morgan fingerprint density at radius 3 is 2.38 bits per heavy atom. The molecule has 2 aromatic rings. The molecule has 0 heterocycles. The van der Waals surface area contributed by atoms with Gasteiger partial charge < -0.3 is 14.7 Å². The maximum Gasteiger partial charge on any atom is 0.303 e. The van der Waals surface area contributed by atoms with Gasteiger partial charge in [0.25, 0.3) is 5.91 Å². The Labute approximate surface area is 223 Å². The minimum Gasteiger partial charge on any atom is -0.493 e. The van der Waals surface area contributed by atoms with Crippen molar-refractivity contribution in [2.24, 2.45) is 5.92 Å². The molecule has 1 amide bonds. The summed E-state index contributed by atoms with van der Waals surface area (Å²) in [5.74, 6) is 6.48. The normalized spacial score (nSPS) is 13.7. The molecule has 37 heavy (non-hydrogen) atoms. The van der Waals surface area contributed by atoms with Crippen LogP contribution in [0.5, 0.6) is 5.75 Å². The highest BCUT2D eigenvalue weighted by Gasteiger charge is 2.36. The number of unbranched alkanes of at least 4 members (excludes halogenated alkanes) is 2. The average Bonchev–Trinajstić information content (AvgIpc) is 3.38. The third kappa shape index (κ3) is 7.92. The van der Waals surface area contributed by atoms with Gasteiger partial charge in [-0.15, -0.1) is 0 Å². The molecule has 0 atom stereocenters. The summed E-state index contributed by atoms with van der Waals surface area (Å²) in [6.07, 6.45) is 7.01. The first-order chi connectivity index (χ1) is 17.7. The molecule has 0 aromatic heterocycles. The lowest BCUT2D eigenvalue weighted by Crippen LogP contribution is -2.54. The van der Waals surface area contributed by atoms with Crippen molar-refractivity contribution in [2.75, 3.05) is 6.61 Å². The largest absolute Gasteiger partial charge is 0.493 e. The summed E-state index contributed by atoms with van der Waals surface area (Å²) in [7, 11) is 13.3. The number of para-hydroxylation sites is 1. The third-order valence-corrected chi connectivity index (χ3v) is 6.65. The molecule has 190 valence electrons. The molecule has 2 aromatic carbocycles. The number of nitrogens with zero attached hydrogens (tertiary/aromatic N) is 1. The zero-order valence-electron chi connectivity index (χ0n) is 21.9. The molecule has 0 unspecified atom stereocenters. The van der Waals surface area contributed by atoms with E-state index in [1.54, 1.807) is 24.3 Å². The third-order valence-electron chi connectivity index (χ3n) is 6.65. The predicted octanol–water partition coefficient (Wildman–Crippen LogP) is 5.25. The quantitative estimate of drug-likeness (QED) is 0.263. The van der Waals surface area contributed by atoms with Gasteiger partial charge in [0.15, 0.2) is 0 Å². The van der Waals surface area contributed by atoms with Gasteiger partial charge in [-0.1, -0.05) is 42.9 Å². The molecule has 3 rings (SSSR count). The lowest BCUT2D eigenvalue weighted by atomic mass is 9.56. The van der Waals surface area contributed by atoms with E-state index in [0.717, 1.165) is 24.8 Å². The maximum atomic E-state index is 13.6. The van der Waals surface area contributed by atoms with Crippen LogP contribution in [-0.4, -0.2) is 50.2 Å². The van der Waals surface area contributed by atoms with Crippen LogP contribution in [0.15, 0.2) is 48.5 Å². The van der Waals surface area contributed by atoms with Crippen molar-refractivity contribution in [3.05, 3.63) is 65.2 Å². The topological polar surface area (TPSA) is 66.8 Å². The zero-order valence-corrected chi connectivity index (χ0v) is 21.9. The van der Waals surface area contributed by atoms with Gasteiger partial charge in [-0.05, 0) is 81.6 Å². The number of carboxylic acid groups (broad SMARTS) is 1. The van der Waals surface area contributed by atoms with E-state index in [2.05, 4.69) is 11.8 Å². The standard InChI is InChI=1S/C30H35B2NO4/c1-22(2)33(29(36)25-19-17-24(18-20-25)16-15-23-10-5-6-11-23)30(31,32)26-12-7-8-13-27(26)37-21-9-3-4-14-28(34)35/h7-8,12-13,17-20,22-23H,3-6,9-11,14,21H2,1-2H3,(H,34,35). The van der Waals surface area contributed by atoms with Gasteiger partial charge in [0.1, 0.15) is 5.75 Å². The molecule has 1 fully saturated rings. The van der Waals surface area contributed by atoms with E-state index in [4.69, 9.17) is 25.5 Å². The Balaban J connectivity index is 1.74. The fourth-order valence-electron chi connectivity index (χ4n) is 4.71. The van der Waals surface area contributed by atoms with Crippen LogP contribution in [0.3, 0.4) is 0 Å². The number of carbonyl (C=O) groups is 2. The highest BCUT2D eigenvalue weighted by Crippen LogP contribution is 2.33. The number of carbonyl (C=O) groups excluding carboxylic acids is 1.